The maximum absolute atomic E-state index is 14.7. The third-order valence-corrected chi connectivity index (χ3v) is 8.34. The molecule has 0 aromatic heterocycles. The Bertz CT molecular complexity index is 1680. The van der Waals surface area contributed by atoms with Crippen molar-refractivity contribution in [2.45, 2.75) is 45.6 Å². The van der Waals surface area contributed by atoms with Gasteiger partial charge in [0.15, 0.2) is 17.3 Å². The maximum atomic E-state index is 14.7. The second-order valence-electron chi connectivity index (χ2n) is 11.1. The van der Waals surface area contributed by atoms with Gasteiger partial charge in [0.1, 0.15) is 18.3 Å². The average Bonchev–Trinajstić information content (AvgIpc) is 3.07. The Morgan fingerprint density at radius 2 is 1.61 bits per heavy atom. The summed E-state index contributed by atoms with van der Waals surface area (Å²) in [6.07, 6.45) is 0.330. The minimum Gasteiger partial charge on any atom is -0.497 e. The fraction of sp³-hybridized carbons (Fsp3) is 0.324. The van der Waals surface area contributed by atoms with E-state index in [9.17, 15) is 14.4 Å². The van der Waals surface area contributed by atoms with E-state index in [1.807, 2.05) is 60.7 Å². The molecule has 9 heteroatoms. The van der Waals surface area contributed by atoms with Crippen molar-refractivity contribution in [2.24, 2.45) is 5.92 Å². The SMILES string of the molecule is CCOC(=O)C1=C(C)NC2=C(C(=O)[C@H](C(=O)OCC)[C@@H](c3cccc(OC)c3)C2)[C@@H]1c1ccc(OCc2ccccc2)c(OC)c1. The van der Waals surface area contributed by atoms with E-state index in [-0.39, 0.29) is 18.8 Å². The first kappa shape index (κ1) is 32.3. The molecule has 1 N–H and O–H groups in total. The number of esters is 2. The average molecular weight is 626 g/mol. The standard InChI is InChI=1S/C37H39NO8/c1-6-44-36(40)31-22(3)38-28-20-27(24-14-11-15-26(18-24)42-4)33(37(41)45-7-2)35(39)34(28)32(31)25-16-17-29(30(19-25)43-5)46-21-23-12-9-8-10-13-23/h8-19,27,32-33,38H,6-7,20-21H2,1-5H3/t27-,32-,33-/m1/s1. The van der Waals surface area contributed by atoms with Crippen molar-refractivity contribution >= 4 is 17.7 Å². The molecule has 0 amide bonds. The van der Waals surface area contributed by atoms with Crippen LogP contribution >= 0.6 is 0 Å². The predicted molar refractivity (Wildman–Crippen MR) is 171 cm³/mol. The van der Waals surface area contributed by atoms with Crippen molar-refractivity contribution in [1.82, 2.24) is 5.32 Å². The van der Waals surface area contributed by atoms with Crippen molar-refractivity contribution in [1.29, 1.82) is 0 Å². The fourth-order valence-electron chi connectivity index (χ4n) is 6.25. The van der Waals surface area contributed by atoms with E-state index in [0.717, 1.165) is 11.1 Å². The zero-order valence-electron chi connectivity index (χ0n) is 26.8. The number of ether oxygens (including phenoxy) is 5. The Balaban J connectivity index is 1.62. The fourth-order valence-corrected chi connectivity index (χ4v) is 6.25. The van der Waals surface area contributed by atoms with E-state index in [1.165, 1.54) is 7.11 Å². The summed E-state index contributed by atoms with van der Waals surface area (Å²) in [4.78, 5) is 41.7. The van der Waals surface area contributed by atoms with Gasteiger partial charge in [0, 0.05) is 28.8 Å². The van der Waals surface area contributed by atoms with Gasteiger partial charge in [-0.1, -0.05) is 48.5 Å². The van der Waals surface area contributed by atoms with Gasteiger partial charge in [-0.2, -0.15) is 0 Å². The van der Waals surface area contributed by atoms with Gasteiger partial charge in [0.2, 0.25) is 0 Å². The summed E-state index contributed by atoms with van der Waals surface area (Å²) in [7, 11) is 3.11. The van der Waals surface area contributed by atoms with Crippen molar-refractivity contribution in [2.75, 3.05) is 27.4 Å². The molecule has 5 rings (SSSR count). The molecule has 240 valence electrons. The van der Waals surface area contributed by atoms with Crippen LogP contribution in [-0.4, -0.2) is 45.2 Å². The smallest absolute Gasteiger partial charge is 0.336 e. The van der Waals surface area contributed by atoms with E-state index < -0.39 is 35.5 Å². The number of hydrogen-bond donors (Lipinski definition) is 1. The molecule has 1 heterocycles. The third kappa shape index (κ3) is 6.49. The molecule has 1 aliphatic carbocycles. The largest absolute Gasteiger partial charge is 0.497 e. The molecule has 0 spiro atoms. The van der Waals surface area contributed by atoms with E-state index in [1.54, 1.807) is 40.0 Å². The van der Waals surface area contributed by atoms with E-state index >= 15 is 0 Å². The number of Topliss-reactive ketones (excluding diaryl/α,β-unsaturated/α-hetero) is 1. The molecule has 9 nitrogen and oxygen atoms in total. The molecule has 1 aliphatic heterocycles. The monoisotopic (exact) mass is 625 g/mol. The summed E-state index contributed by atoms with van der Waals surface area (Å²) in [5.74, 6) is -2.50. The molecule has 2 aliphatic rings. The first-order valence-electron chi connectivity index (χ1n) is 15.4. The third-order valence-electron chi connectivity index (χ3n) is 8.34. The number of benzene rings is 3. The molecule has 0 saturated heterocycles. The van der Waals surface area contributed by atoms with Gasteiger partial charge in [0.25, 0.3) is 0 Å². The summed E-state index contributed by atoms with van der Waals surface area (Å²) in [5, 5.41) is 3.33. The van der Waals surface area contributed by atoms with Gasteiger partial charge in [-0.3, -0.25) is 9.59 Å². The van der Waals surface area contributed by atoms with Crippen LogP contribution < -0.4 is 19.5 Å². The second kappa shape index (κ2) is 14.4. The van der Waals surface area contributed by atoms with Crippen LogP contribution in [-0.2, 0) is 30.5 Å². The maximum Gasteiger partial charge on any atom is 0.336 e. The zero-order chi connectivity index (χ0) is 32.8. The number of ketones is 1. The van der Waals surface area contributed by atoms with E-state index in [0.29, 0.717) is 52.8 Å². The normalized spacial score (nSPS) is 19.2. The van der Waals surface area contributed by atoms with Gasteiger partial charge >= 0.3 is 11.9 Å². The summed E-state index contributed by atoms with van der Waals surface area (Å²) in [6, 6.07) is 22.5. The van der Waals surface area contributed by atoms with Crippen LogP contribution in [0.5, 0.6) is 17.2 Å². The van der Waals surface area contributed by atoms with Crippen molar-refractivity contribution in [3.8, 4) is 17.2 Å². The van der Waals surface area contributed by atoms with Gasteiger partial charge in [-0.15, -0.1) is 0 Å². The minimum absolute atomic E-state index is 0.121. The van der Waals surface area contributed by atoms with Crippen LogP contribution in [0.15, 0.2) is 95.3 Å². The number of rotatable bonds is 11. The van der Waals surface area contributed by atoms with Crippen LogP contribution in [0.2, 0.25) is 0 Å². The number of carbonyl (C=O) groups excluding carboxylic acids is 3. The zero-order valence-corrected chi connectivity index (χ0v) is 26.8. The van der Waals surface area contributed by atoms with Crippen LogP contribution in [0.1, 0.15) is 55.7 Å². The van der Waals surface area contributed by atoms with Gasteiger partial charge in [-0.25, -0.2) is 4.79 Å². The molecule has 0 bridgehead atoms. The number of methoxy groups -OCH3 is 2. The molecular formula is C37H39NO8. The number of nitrogens with one attached hydrogen (secondary N) is 1. The Hall–Kier alpha value is -5.05. The molecular weight excluding hydrogens is 586 g/mol. The lowest BCUT2D eigenvalue weighted by Crippen LogP contribution is -2.43. The van der Waals surface area contributed by atoms with Crippen LogP contribution in [0.4, 0.5) is 0 Å². The highest BCUT2D eigenvalue weighted by atomic mass is 16.5. The first-order valence-corrected chi connectivity index (χ1v) is 15.4. The lowest BCUT2D eigenvalue weighted by atomic mass is 9.67. The molecule has 0 saturated carbocycles. The lowest BCUT2D eigenvalue weighted by Gasteiger charge is -2.39. The van der Waals surface area contributed by atoms with Crippen LogP contribution in [0.25, 0.3) is 0 Å². The second-order valence-corrected chi connectivity index (χ2v) is 11.1. The van der Waals surface area contributed by atoms with Crippen LogP contribution in [0, 0.1) is 5.92 Å². The quantitative estimate of drug-likeness (QED) is 0.203. The molecule has 3 aromatic carbocycles. The van der Waals surface area contributed by atoms with Gasteiger partial charge < -0.3 is 29.0 Å². The first-order chi connectivity index (χ1) is 22.3. The highest BCUT2D eigenvalue weighted by Gasteiger charge is 2.49. The molecule has 0 radical (unpaired) electrons. The Morgan fingerprint density at radius 3 is 2.30 bits per heavy atom. The molecule has 3 atom stereocenters. The predicted octanol–water partition coefficient (Wildman–Crippen LogP) is 6.00. The number of allylic oxidation sites excluding steroid dienone is 3. The summed E-state index contributed by atoms with van der Waals surface area (Å²) in [5.41, 5.74) is 4.20. The topological polar surface area (TPSA) is 109 Å². The molecule has 3 aromatic rings. The molecule has 46 heavy (non-hydrogen) atoms. The highest BCUT2D eigenvalue weighted by Crippen LogP contribution is 2.49. The summed E-state index contributed by atoms with van der Waals surface area (Å²) < 4.78 is 28.2. The molecule has 0 fully saturated rings. The van der Waals surface area contributed by atoms with Crippen LogP contribution in [0.3, 0.4) is 0 Å². The van der Waals surface area contributed by atoms with Crippen molar-refractivity contribution < 1.29 is 38.1 Å². The molecule has 0 unspecified atom stereocenters. The number of dihydropyridines is 1. The highest BCUT2D eigenvalue weighted by molar-refractivity contribution is 6.13. The number of hydrogen-bond acceptors (Lipinski definition) is 9. The summed E-state index contributed by atoms with van der Waals surface area (Å²) >= 11 is 0. The Morgan fingerprint density at radius 1 is 0.848 bits per heavy atom. The van der Waals surface area contributed by atoms with Crippen molar-refractivity contribution in [3.63, 3.8) is 0 Å². The Kier molecular flexibility index (Phi) is 10.1. The summed E-state index contributed by atoms with van der Waals surface area (Å²) in [6.45, 7) is 5.83. The minimum atomic E-state index is -1.13. The van der Waals surface area contributed by atoms with Gasteiger partial charge in [-0.05, 0) is 68.1 Å². The lowest BCUT2D eigenvalue weighted by molar-refractivity contribution is -0.152. The van der Waals surface area contributed by atoms with Crippen molar-refractivity contribution in [3.05, 3.63) is 112 Å². The van der Waals surface area contributed by atoms with Gasteiger partial charge in [0.05, 0.1) is 33.0 Å². The number of carbonyl (C=O) groups is 3. The Labute approximate surface area is 269 Å². The van der Waals surface area contributed by atoms with E-state index in [4.69, 9.17) is 23.7 Å². The van der Waals surface area contributed by atoms with E-state index in [2.05, 4.69) is 5.32 Å².